The highest BCUT2D eigenvalue weighted by molar-refractivity contribution is 5.90. The van der Waals surface area contributed by atoms with E-state index in [4.69, 9.17) is 6.42 Å². The second-order valence-corrected chi connectivity index (χ2v) is 8.61. The van der Waals surface area contributed by atoms with Gasteiger partial charge in [-0.2, -0.15) is 0 Å². The molecule has 27 heavy (non-hydrogen) atoms. The lowest BCUT2D eigenvalue weighted by atomic mass is 9.88. The van der Waals surface area contributed by atoms with Crippen molar-refractivity contribution in [3.8, 4) is 12.3 Å². The molecule has 5 heteroatoms. The van der Waals surface area contributed by atoms with Gasteiger partial charge in [0.15, 0.2) is 0 Å². The second kappa shape index (κ2) is 8.14. The molecule has 1 saturated heterocycles. The first kappa shape index (κ1) is 21.0. The van der Waals surface area contributed by atoms with Crippen LogP contribution in [0.25, 0.3) is 0 Å². The lowest BCUT2D eigenvalue weighted by Crippen LogP contribution is -2.52. The van der Waals surface area contributed by atoms with Crippen molar-refractivity contribution < 1.29 is 14.7 Å². The summed E-state index contributed by atoms with van der Waals surface area (Å²) in [6.45, 7) is 9.83. The zero-order valence-electron chi connectivity index (χ0n) is 16.8. The third-order valence-electron chi connectivity index (χ3n) is 5.09. The zero-order chi connectivity index (χ0) is 20.4. The molecule has 0 radical (unpaired) electrons. The van der Waals surface area contributed by atoms with Gasteiger partial charge in [0, 0.05) is 12.1 Å². The van der Waals surface area contributed by atoms with Crippen molar-refractivity contribution in [2.45, 2.75) is 59.2 Å². The lowest BCUT2D eigenvalue weighted by molar-refractivity contribution is -0.150. The highest BCUT2D eigenvalue weighted by atomic mass is 16.3. The number of hydrogen-bond acceptors (Lipinski definition) is 3. The van der Waals surface area contributed by atoms with Gasteiger partial charge in [0.1, 0.15) is 12.1 Å². The molecule has 2 amide bonds. The fourth-order valence-electron chi connectivity index (χ4n) is 3.33. The number of carbonyl (C=O) groups is 2. The molecule has 0 saturated carbocycles. The molecule has 1 aromatic rings. The Morgan fingerprint density at radius 2 is 1.89 bits per heavy atom. The molecule has 0 aromatic heterocycles. The Morgan fingerprint density at radius 1 is 1.30 bits per heavy atom. The minimum atomic E-state index is -1.13. The number of nitrogens with zero attached hydrogens (tertiary/aromatic N) is 1. The SMILES string of the molecule is C#Cc1ccc([C@H](C)NC(=O)[C@@H]2C[C@@H](C)CN2C(=O)[C@@H](O)C(C)(C)C)cc1. The van der Waals surface area contributed by atoms with Crippen LogP contribution in [-0.2, 0) is 9.59 Å². The number of aliphatic hydroxyl groups is 1. The maximum absolute atomic E-state index is 12.9. The molecule has 0 spiro atoms. The second-order valence-electron chi connectivity index (χ2n) is 8.61. The van der Waals surface area contributed by atoms with E-state index in [1.807, 2.05) is 58.9 Å². The van der Waals surface area contributed by atoms with Crippen LogP contribution in [0.15, 0.2) is 24.3 Å². The smallest absolute Gasteiger partial charge is 0.252 e. The Bertz CT molecular complexity index is 727. The van der Waals surface area contributed by atoms with Crippen LogP contribution >= 0.6 is 0 Å². The van der Waals surface area contributed by atoms with Crippen LogP contribution < -0.4 is 5.32 Å². The zero-order valence-corrected chi connectivity index (χ0v) is 16.8. The third-order valence-corrected chi connectivity index (χ3v) is 5.09. The van der Waals surface area contributed by atoms with Crippen molar-refractivity contribution in [2.24, 2.45) is 11.3 Å². The maximum atomic E-state index is 12.9. The van der Waals surface area contributed by atoms with E-state index in [-0.39, 0.29) is 23.8 Å². The van der Waals surface area contributed by atoms with Gasteiger partial charge in [0.25, 0.3) is 5.91 Å². The molecule has 1 fully saturated rings. The topological polar surface area (TPSA) is 69.6 Å². The summed E-state index contributed by atoms with van der Waals surface area (Å²) in [5, 5.41) is 13.4. The standard InChI is InChI=1S/C22H30N2O3/c1-7-16-8-10-17(11-9-16)15(3)23-20(26)18-12-14(2)13-24(18)21(27)19(25)22(4,5)6/h1,8-11,14-15,18-19,25H,12-13H2,2-6H3,(H,23,26)/t14-,15+,18+,19-/m1/s1. The van der Waals surface area contributed by atoms with Crippen LogP contribution in [0.5, 0.6) is 0 Å². The Hall–Kier alpha value is -2.32. The van der Waals surface area contributed by atoms with Crippen LogP contribution in [0.3, 0.4) is 0 Å². The summed E-state index contributed by atoms with van der Waals surface area (Å²) >= 11 is 0. The van der Waals surface area contributed by atoms with E-state index in [0.717, 1.165) is 11.1 Å². The fraction of sp³-hybridized carbons (Fsp3) is 0.545. The normalized spacial score (nSPS) is 22.0. The number of nitrogens with one attached hydrogen (secondary N) is 1. The van der Waals surface area contributed by atoms with E-state index in [0.29, 0.717) is 13.0 Å². The molecule has 1 aliphatic heterocycles. The molecule has 2 rings (SSSR count). The summed E-state index contributed by atoms with van der Waals surface area (Å²) in [6.07, 6.45) is 4.84. The first-order chi connectivity index (χ1) is 12.5. The van der Waals surface area contributed by atoms with E-state index in [9.17, 15) is 14.7 Å². The van der Waals surface area contributed by atoms with Gasteiger partial charge in [0.2, 0.25) is 5.91 Å². The third kappa shape index (κ3) is 4.90. The first-order valence-electron chi connectivity index (χ1n) is 9.40. The number of likely N-dealkylation sites (tertiary alicyclic amines) is 1. The summed E-state index contributed by atoms with van der Waals surface area (Å²) in [7, 11) is 0. The van der Waals surface area contributed by atoms with Crippen LogP contribution in [0.4, 0.5) is 0 Å². The van der Waals surface area contributed by atoms with E-state index in [1.165, 1.54) is 4.90 Å². The molecule has 1 aromatic carbocycles. The van der Waals surface area contributed by atoms with Crippen LogP contribution in [-0.4, -0.2) is 40.5 Å². The minimum Gasteiger partial charge on any atom is -0.383 e. The van der Waals surface area contributed by atoms with Crippen molar-refractivity contribution in [2.75, 3.05) is 6.54 Å². The molecular formula is C22H30N2O3. The summed E-state index contributed by atoms with van der Waals surface area (Å²) < 4.78 is 0. The Kier molecular flexibility index (Phi) is 6.33. The average molecular weight is 370 g/mol. The van der Waals surface area contributed by atoms with Gasteiger partial charge in [-0.3, -0.25) is 9.59 Å². The number of amides is 2. The molecule has 146 valence electrons. The van der Waals surface area contributed by atoms with Crippen molar-refractivity contribution in [3.05, 3.63) is 35.4 Å². The Morgan fingerprint density at radius 3 is 2.41 bits per heavy atom. The van der Waals surface area contributed by atoms with Gasteiger partial charge in [-0.15, -0.1) is 6.42 Å². The van der Waals surface area contributed by atoms with E-state index in [2.05, 4.69) is 11.2 Å². The predicted octanol–water partition coefficient (Wildman–Crippen LogP) is 2.49. The molecule has 5 nitrogen and oxygen atoms in total. The molecule has 0 aliphatic carbocycles. The number of terminal acetylenes is 1. The van der Waals surface area contributed by atoms with Crippen molar-refractivity contribution >= 4 is 11.8 Å². The van der Waals surface area contributed by atoms with E-state index >= 15 is 0 Å². The molecule has 2 N–H and O–H groups in total. The molecular weight excluding hydrogens is 340 g/mol. The van der Waals surface area contributed by atoms with Gasteiger partial charge in [-0.25, -0.2) is 0 Å². The molecule has 0 bridgehead atoms. The fourth-order valence-corrected chi connectivity index (χ4v) is 3.33. The number of hydrogen-bond donors (Lipinski definition) is 2. The highest BCUT2D eigenvalue weighted by Gasteiger charge is 2.42. The maximum Gasteiger partial charge on any atom is 0.252 e. The van der Waals surface area contributed by atoms with E-state index < -0.39 is 17.6 Å². The molecule has 0 unspecified atom stereocenters. The van der Waals surface area contributed by atoms with Gasteiger partial charge in [-0.1, -0.05) is 45.7 Å². The van der Waals surface area contributed by atoms with Gasteiger partial charge < -0.3 is 15.3 Å². The van der Waals surface area contributed by atoms with Gasteiger partial charge >= 0.3 is 0 Å². The predicted molar refractivity (Wildman–Crippen MR) is 106 cm³/mol. The lowest BCUT2D eigenvalue weighted by Gasteiger charge is -2.32. The summed E-state index contributed by atoms with van der Waals surface area (Å²) in [5.41, 5.74) is 1.16. The quantitative estimate of drug-likeness (QED) is 0.800. The molecule has 1 aliphatic rings. The van der Waals surface area contributed by atoms with Crippen molar-refractivity contribution in [1.82, 2.24) is 10.2 Å². The largest absolute Gasteiger partial charge is 0.383 e. The number of benzene rings is 1. The Balaban J connectivity index is 2.10. The van der Waals surface area contributed by atoms with Crippen LogP contribution in [0.1, 0.15) is 58.2 Å². The molecule has 4 atom stereocenters. The monoisotopic (exact) mass is 370 g/mol. The van der Waals surface area contributed by atoms with Crippen molar-refractivity contribution in [1.29, 1.82) is 0 Å². The van der Waals surface area contributed by atoms with Crippen LogP contribution in [0.2, 0.25) is 0 Å². The average Bonchev–Trinajstić information content (AvgIpc) is 3.01. The minimum absolute atomic E-state index is 0.192. The van der Waals surface area contributed by atoms with Crippen LogP contribution in [0, 0.1) is 23.7 Å². The number of rotatable bonds is 4. The van der Waals surface area contributed by atoms with Gasteiger partial charge in [0.05, 0.1) is 6.04 Å². The molecule has 1 heterocycles. The summed E-state index contributed by atoms with van der Waals surface area (Å²) in [6, 6.07) is 6.70. The summed E-state index contributed by atoms with van der Waals surface area (Å²) in [4.78, 5) is 27.2. The number of aliphatic hydroxyl groups excluding tert-OH is 1. The summed E-state index contributed by atoms with van der Waals surface area (Å²) in [5.74, 6) is 2.21. The van der Waals surface area contributed by atoms with Crippen molar-refractivity contribution in [3.63, 3.8) is 0 Å². The Labute approximate surface area is 162 Å². The van der Waals surface area contributed by atoms with E-state index in [1.54, 1.807) is 0 Å². The number of carbonyl (C=O) groups excluding carboxylic acids is 2. The highest BCUT2D eigenvalue weighted by Crippen LogP contribution is 2.28. The first-order valence-corrected chi connectivity index (χ1v) is 9.40. The van der Waals surface area contributed by atoms with Gasteiger partial charge in [-0.05, 0) is 42.4 Å².